The predicted octanol–water partition coefficient (Wildman–Crippen LogP) is 8.50. The lowest BCUT2D eigenvalue weighted by Crippen LogP contribution is -2.41. The van der Waals surface area contributed by atoms with Gasteiger partial charge in [0.25, 0.3) is 0 Å². The molecule has 3 aromatic rings. The Morgan fingerprint density at radius 3 is 2.19 bits per heavy atom. The summed E-state index contributed by atoms with van der Waals surface area (Å²) < 4.78 is 5.98. The average molecular weight is 423 g/mol. The van der Waals surface area contributed by atoms with Gasteiger partial charge in [-0.05, 0) is 66.8 Å². The van der Waals surface area contributed by atoms with Crippen molar-refractivity contribution in [2.75, 3.05) is 0 Å². The number of hydrogen-bond acceptors (Lipinski definition) is 1. The summed E-state index contributed by atoms with van der Waals surface area (Å²) in [6, 6.07) is 21.8. The Kier molecular flexibility index (Phi) is 4.78. The van der Waals surface area contributed by atoms with Crippen molar-refractivity contribution in [1.82, 2.24) is 0 Å². The van der Waals surface area contributed by atoms with Gasteiger partial charge in [0.2, 0.25) is 0 Å². The van der Waals surface area contributed by atoms with E-state index in [1.54, 1.807) is 11.8 Å². The number of benzene rings is 2. The first-order valence-electron chi connectivity index (χ1n) is 11.2. The predicted molar refractivity (Wildman–Crippen MR) is 135 cm³/mol. The molecule has 1 nitrogen and oxygen atoms in total. The van der Waals surface area contributed by atoms with Gasteiger partial charge in [0.15, 0.2) is 0 Å². The van der Waals surface area contributed by atoms with Crippen LogP contribution < -0.4 is 0 Å². The normalized spacial score (nSPS) is 20.7. The van der Waals surface area contributed by atoms with Crippen molar-refractivity contribution < 1.29 is 4.42 Å². The Bertz CT molecular complexity index is 1220. The lowest BCUT2D eigenvalue weighted by molar-refractivity contribution is 0.551. The Labute approximate surface area is 186 Å². The second kappa shape index (κ2) is 7.39. The van der Waals surface area contributed by atoms with Gasteiger partial charge in [0.1, 0.15) is 5.76 Å². The summed E-state index contributed by atoms with van der Waals surface area (Å²) in [6.45, 7) is 12.1. The van der Waals surface area contributed by atoms with Crippen LogP contribution in [0.5, 0.6) is 0 Å². The minimum absolute atomic E-state index is 0.395. The summed E-state index contributed by atoms with van der Waals surface area (Å²) >= 11 is 0. The number of hydrogen-bond donors (Lipinski definition) is 0. The van der Waals surface area contributed by atoms with Crippen LogP contribution in [0.3, 0.4) is 0 Å². The standard InChI is InChI=1S/C29H30OSi/c1-19-17-20(2)28(21(19)3)31(4,5)29-24-14-9-13-23(22-11-7-6-8-12-22)25(24)18-26(29)27-15-10-16-30-27/h6-18,28-29H,1-5H3. The molecule has 5 rings (SSSR count). The highest BCUT2D eigenvalue weighted by Gasteiger charge is 2.48. The largest absolute Gasteiger partial charge is 0.465 e. The van der Waals surface area contributed by atoms with E-state index in [-0.39, 0.29) is 0 Å². The second-order valence-corrected chi connectivity index (χ2v) is 14.5. The SMILES string of the molecule is CC1=CC(C)=C(C)C1[Si](C)(C)C1C(c2ccco2)=Cc2c(-c3ccccc3)cccc21. The molecule has 0 aliphatic heterocycles. The molecule has 2 unspecified atom stereocenters. The molecule has 31 heavy (non-hydrogen) atoms. The Morgan fingerprint density at radius 2 is 1.55 bits per heavy atom. The van der Waals surface area contributed by atoms with Crippen molar-refractivity contribution in [3.63, 3.8) is 0 Å². The van der Waals surface area contributed by atoms with Gasteiger partial charge in [-0.3, -0.25) is 0 Å². The van der Waals surface area contributed by atoms with Gasteiger partial charge >= 0.3 is 0 Å². The zero-order valence-corrected chi connectivity index (χ0v) is 20.1. The third kappa shape index (κ3) is 3.13. The van der Waals surface area contributed by atoms with Crippen molar-refractivity contribution in [1.29, 1.82) is 0 Å². The highest BCUT2D eigenvalue weighted by atomic mass is 28.3. The van der Waals surface area contributed by atoms with E-state index in [1.165, 1.54) is 39.0 Å². The summed E-state index contributed by atoms with van der Waals surface area (Å²) in [7, 11) is -1.85. The summed E-state index contributed by atoms with van der Waals surface area (Å²) in [5.74, 6) is 1.01. The average Bonchev–Trinajstić information content (AvgIpc) is 3.46. The molecule has 0 spiro atoms. The maximum Gasteiger partial charge on any atom is 0.130 e. The van der Waals surface area contributed by atoms with Crippen molar-refractivity contribution >= 4 is 19.7 Å². The molecule has 0 saturated heterocycles. The molecule has 2 heteroatoms. The Hall–Kier alpha value is -2.84. The van der Waals surface area contributed by atoms with Crippen molar-refractivity contribution in [2.24, 2.45) is 0 Å². The van der Waals surface area contributed by atoms with Gasteiger partial charge in [-0.2, -0.15) is 0 Å². The van der Waals surface area contributed by atoms with Gasteiger partial charge in [0, 0.05) is 11.1 Å². The summed E-state index contributed by atoms with van der Waals surface area (Å²) in [5, 5.41) is 0. The fourth-order valence-electron chi connectivity index (χ4n) is 6.15. The maximum absolute atomic E-state index is 5.98. The molecule has 0 fully saturated rings. The molecular weight excluding hydrogens is 392 g/mol. The lowest BCUT2D eigenvalue weighted by Gasteiger charge is -2.39. The highest BCUT2D eigenvalue weighted by Crippen LogP contribution is 2.56. The van der Waals surface area contributed by atoms with E-state index < -0.39 is 8.07 Å². The monoisotopic (exact) mass is 422 g/mol. The van der Waals surface area contributed by atoms with Crippen LogP contribution in [0, 0.1) is 0 Å². The number of furan rings is 1. The zero-order valence-electron chi connectivity index (χ0n) is 19.1. The van der Waals surface area contributed by atoms with Crippen LogP contribution in [-0.2, 0) is 0 Å². The van der Waals surface area contributed by atoms with Crippen LogP contribution in [0.4, 0.5) is 0 Å². The maximum atomic E-state index is 5.98. The van der Waals surface area contributed by atoms with Gasteiger partial charge in [0.05, 0.1) is 14.3 Å². The third-order valence-electron chi connectivity index (χ3n) is 7.39. The minimum Gasteiger partial charge on any atom is -0.465 e. The van der Waals surface area contributed by atoms with Crippen molar-refractivity contribution in [2.45, 2.75) is 44.9 Å². The molecule has 0 saturated carbocycles. The van der Waals surface area contributed by atoms with Crippen LogP contribution in [-0.4, -0.2) is 8.07 Å². The van der Waals surface area contributed by atoms with Crippen LogP contribution in [0.2, 0.25) is 18.6 Å². The summed E-state index contributed by atoms with van der Waals surface area (Å²) in [5.41, 5.74) is 12.3. The van der Waals surface area contributed by atoms with Crippen molar-refractivity contribution in [3.05, 3.63) is 107 Å². The lowest BCUT2D eigenvalue weighted by atomic mass is 9.97. The molecule has 1 aromatic heterocycles. The van der Waals surface area contributed by atoms with Gasteiger partial charge in [-0.25, -0.2) is 0 Å². The molecule has 2 aromatic carbocycles. The minimum atomic E-state index is -1.85. The molecule has 0 bridgehead atoms. The first-order valence-corrected chi connectivity index (χ1v) is 14.3. The highest BCUT2D eigenvalue weighted by molar-refractivity contribution is 6.83. The van der Waals surface area contributed by atoms with E-state index in [1.807, 2.05) is 6.07 Å². The zero-order chi connectivity index (χ0) is 21.8. The molecule has 1 heterocycles. The second-order valence-electron chi connectivity index (χ2n) is 9.69. The van der Waals surface area contributed by atoms with Crippen molar-refractivity contribution in [3.8, 4) is 11.1 Å². The van der Waals surface area contributed by atoms with E-state index in [2.05, 4.69) is 101 Å². The van der Waals surface area contributed by atoms with E-state index in [9.17, 15) is 0 Å². The van der Waals surface area contributed by atoms with E-state index in [4.69, 9.17) is 4.42 Å². The van der Waals surface area contributed by atoms with Crippen LogP contribution in [0.1, 0.15) is 43.2 Å². The molecule has 156 valence electrons. The van der Waals surface area contributed by atoms with Gasteiger partial charge in [-0.1, -0.05) is 84.4 Å². The fraction of sp³-hybridized carbons (Fsp3) is 0.241. The molecule has 2 aliphatic rings. The Balaban J connectivity index is 1.72. The van der Waals surface area contributed by atoms with E-state index in [0.29, 0.717) is 11.1 Å². The van der Waals surface area contributed by atoms with E-state index in [0.717, 1.165) is 5.76 Å². The van der Waals surface area contributed by atoms with Crippen LogP contribution in [0.25, 0.3) is 22.8 Å². The molecule has 2 aliphatic carbocycles. The fourth-order valence-corrected chi connectivity index (χ4v) is 11.2. The molecule has 0 amide bonds. The summed E-state index contributed by atoms with van der Waals surface area (Å²) in [4.78, 5) is 0. The Morgan fingerprint density at radius 1 is 0.774 bits per heavy atom. The van der Waals surface area contributed by atoms with Gasteiger partial charge in [-0.15, -0.1) is 0 Å². The number of allylic oxidation sites excluding steroid dienone is 5. The molecule has 2 atom stereocenters. The molecular formula is C29H30OSi. The summed E-state index contributed by atoms with van der Waals surface area (Å²) in [6.07, 6.45) is 6.62. The van der Waals surface area contributed by atoms with Crippen LogP contribution >= 0.6 is 0 Å². The third-order valence-corrected chi connectivity index (χ3v) is 11.9. The molecule has 0 radical (unpaired) electrons. The topological polar surface area (TPSA) is 13.1 Å². The number of fused-ring (bicyclic) bond motifs is 1. The quantitative estimate of drug-likeness (QED) is 0.384. The first kappa shape index (κ1) is 20.1. The van der Waals surface area contributed by atoms with Crippen LogP contribution in [0.15, 0.2) is 94.1 Å². The molecule has 0 N–H and O–H groups in total. The van der Waals surface area contributed by atoms with E-state index >= 15 is 0 Å². The first-order chi connectivity index (χ1) is 14.9. The number of rotatable bonds is 4. The smallest absolute Gasteiger partial charge is 0.130 e. The van der Waals surface area contributed by atoms with Gasteiger partial charge < -0.3 is 4.42 Å².